The summed E-state index contributed by atoms with van der Waals surface area (Å²) in [6, 6.07) is 6.39. The Morgan fingerprint density at radius 1 is 1.27 bits per heavy atom. The molecule has 0 atom stereocenters. The van der Waals surface area contributed by atoms with Crippen LogP contribution in [0, 0.1) is 0 Å². The van der Waals surface area contributed by atoms with E-state index in [2.05, 4.69) is 10.5 Å². The lowest BCUT2D eigenvalue weighted by atomic mass is 10.2. The number of ether oxygens (including phenoxy) is 2. The van der Waals surface area contributed by atoms with E-state index in [9.17, 15) is 9.59 Å². The zero-order valence-corrected chi connectivity index (χ0v) is 15.7. The summed E-state index contributed by atoms with van der Waals surface area (Å²) in [6.45, 7) is 3.72. The Morgan fingerprint density at radius 3 is 2.62 bits per heavy atom. The SMILES string of the molecule is COc1ccc(/C=N\NC(=O)c2cccn(C(C)C)c2=O)c(Cl)c1OC. The van der Waals surface area contributed by atoms with Gasteiger partial charge in [0, 0.05) is 17.8 Å². The van der Waals surface area contributed by atoms with Crippen molar-refractivity contribution in [1.29, 1.82) is 0 Å². The highest BCUT2D eigenvalue weighted by Crippen LogP contribution is 2.36. The topological polar surface area (TPSA) is 81.9 Å². The maximum absolute atomic E-state index is 12.3. The van der Waals surface area contributed by atoms with Crippen molar-refractivity contribution in [2.24, 2.45) is 5.10 Å². The molecule has 0 fully saturated rings. The number of benzene rings is 1. The van der Waals surface area contributed by atoms with Crippen LogP contribution in [-0.4, -0.2) is 30.9 Å². The first-order valence-corrected chi connectivity index (χ1v) is 8.23. The summed E-state index contributed by atoms with van der Waals surface area (Å²) in [5.74, 6) is 0.252. The summed E-state index contributed by atoms with van der Waals surface area (Å²) in [6.07, 6.45) is 3.00. The average Bonchev–Trinajstić information content (AvgIpc) is 2.62. The summed E-state index contributed by atoms with van der Waals surface area (Å²) in [5, 5.41) is 4.17. The molecule has 1 N–H and O–H groups in total. The number of halogens is 1. The van der Waals surface area contributed by atoms with Crippen LogP contribution in [0.25, 0.3) is 0 Å². The highest BCUT2D eigenvalue weighted by Gasteiger charge is 2.14. The van der Waals surface area contributed by atoms with Crippen LogP contribution in [-0.2, 0) is 0 Å². The maximum atomic E-state index is 12.3. The Hall–Kier alpha value is -2.80. The lowest BCUT2D eigenvalue weighted by Crippen LogP contribution is -2.31. The van der Waals surface area contributed by atoms with Gasteiger partial charge < -0.3 is 14.0 Å². The van der Waals surface area contributed by atoms with Gasteiger partial charge in [-0.15, -0.1) is 0 Å². The zero-order valence-electron chi connectivity index (χ0n) is 14.9. The third kappa shape index (κ3) is 4.05. The summed E-state index contributed by atoms with van der Waals surface area (Å²) >= 11 is 6.24. The monoisotopic (exact) mass is 377 g/mol. The number of nitrogens with one attached hydrogen (secondary N) is 1. The van der Waals surface area contributed by atoms with Crippen LogP contribution < -0.4 is 20.5 Å². The van der Waals surface area contributed by atoms with Crippen molar-refractivity contribution < 1.29 is 14.3 Å². The van der Waals surface area contributed by atoms with Crippen molar-refractivity contribution in [3.63, 3.8) is 0 Å². The molecule has 0 radical (unpaired) electrons. The maximum Gasteiger partial charge on any atom is 0.276 e. The van der Waals surface area contributed by atoms with Crippen LogP contribution in [0.3, 0.4) is 0 Å². The zero-order chi connectivity index (χ0) is 19.3. The van der Waals surface area contributed by atoms with E-state index >= 15 is 0 Å². The van der Waals surface area contributed by atoms with Crippen molar-refractivity contribution in [2.45, 2.75) is 19.9 Å². The Labute approximate surface area is 156 Å². The predicted octanol–water partition coefficient (Wildman–Crippen LogP) is 2.86. The van der Waals surface area contributed by atoms with Crippen LogP contribution >= 0.6 is 11.6 Å². The third-order valence-electron chi connectivity index (χ3n) is 3.66. The minimum absolute atomic E-state index is 0.0109. The molecule has 26 heavy (non-hydrogen) atoms. The molecule has 1 aromatic carbocycles. The van der Waals surface area contributed by atoms with Gasteiger partial charge in [0.1, 0.15) is 5.56 Å². The summed E-state index contributed by atoms with van der Waals surface area (Å²) in [4.78, 5) is 24.5. The van der Waals surface area contributed by atoms with E-state index in [1.54, 1.807) is 24.4 Å². The van der Waals surface area contributed by atoms with Gasteiger partial charge in [-0.1, -0.05) is 11.6 Å². The second-order valence-corrected chi connectivity index (χ2v) is 6.01. The number of carbonyl (C=O) groups excluding carboxylic acids is 1. The van der Waals surface area contributed by atoms with Gasteiger partial charge in [0.2, 0.25) is 0 Å². The lowest BCUT2D eigenvalue weighted by molar-refractivity contribution is 0.0953. The first kappa shape index (κ1) is 19.5. The van der Waals surface area contributed by atoms with Gasteiger partial charge in [-0.2, -0.15) is 5.10 Å². The van der Waals surface area contributed by atoms with E-state index in [0.29, 0.717) is 22.1 Å². The first-order valence-electron chi connectivity index (χ1n) is 7.85. The molecule has 2 aromatic rings. The van der Waals surface area contributed by atoms with Gasteiger partial charge in [-0.25, -0.2) is 5.43 Å². The van der Waals surface area contributed by atoms with Gasteiger partial charge >= 0.3 is 0 Å². The summed E-state index contributed by atoms with van der Waals surface area (Å²) in [7, 11) is 2.98. The van der Waals surface area contributed by atoms with Crippen LogP contribution in [0.5, 0.6) is 11.5 Å². The molecular formula is C18H20ClN3O4. The van der Waals surface area contributed by atoms with Crippen LogP contribution in [0.1, 0.15) is 35.8 Å². The van der Waals surface area contributed by atoms with Crippen LogP contribution in [0.2, 0.25) is 5.02 Å². The predicted molar refractivity (Wildman–Crippen MR) is 101 cm³/mol. The second kappa shape index (κ2) is 8.53. The molecule has 8 heteroatoms. The third-order valence-corrected chi connectivity index (χ3v) is 4.05. The van der Waals surface area contributed by atoms with E-state index in [4.69, 9.17) is 21.1 Å². The molecule has 1 heterocycles. The van der Waals surface area contributed by atoms with Gasteiger partial charge in [-0.3, -0.25) is 9.59 Å². The fourth-order valence-electron chi connectivity index (χ4n) is 2.31. The lowest BCUT2D eigenvalue weighted by Gasteiger charge is -2.11. The number of pyridine rings is 1. The van der Waals surface area contributed by atoms with E-state index in [0.717, 1.165) is 0 Å². The summed E-state index contributed by atoms with van der Waals surface area (Å²) < 4.78 is 11.8. The number of rotatable bonds is 6. The molecule has 7 nitrogen and oxygen atoms in total. The molecule has 0 aliphatic rings. The molecular weight excluding hydrogens is 358 g/mol. The quantitative estimate of drug-likeness (QED) is 0.620. The van der Waals surface area contributed by atoms with Crippen molar-refractivity contribution in [3.05, 3.63) is 57.0 Å². The number of nitrogens with zero attached hydrogens (tertiary/aromatic N) is 2. The number of hydrazone groups is 1. The fraction of sp³-hybridized carbons (Fsp3) is 0.278. The smallest absolute Gasteiger partial charge is 0.276 e. The van der Waals surface area contributed by atoms with Crippen LogP contribution in [0.4, 0.5) is 0 Å². The van der Waals surface area contributed by atoms with Crippen molar-refractivity contribution >= 4 is 23.7 Å². The normalized spacial score (nSPS) is 11.0. The Kier molecular flexibility index (Phi) is 6.41. The molecule has 0 saturated heterocycles. The number of methoxy groups -OCH3 is 2. The molecule has 0 aliphatic carbocycles. The van der Waals surface area contributed by atoms with Gasteiger partial charge in [0.05, 0.1) is 25.5 Å². The molecule has 1 amide bonds. The van der Waals surface area contributed by atoms with E-state index in [1.165, 1.54) is 31.1 Å². The highest BCUT2D eigenvalue weighted by atomic mass is 35.5. The number of hydrogen-bond donors (Lipinski definition) is 1. The molecule has 138 valence electrons. The minimum atomic E-state index is -0.599. The molecule has 0 unspecified atom stereocenters. The Morgan fingerprint density at radius 2 is 2.00 bits per heavy atom. The van der Waals surface area contributed by atoms with Gasteiger partial charge in [0.15, 0.2) is 11.5 Å². The number of hydrogen-bond acceptors (Lipinski definition) is 5. The molecule has 0 bridgehead atoms. The molecule has 0 saturated carbocycles. The van der Waals surface area contributed by atoms with Crippen LogP contribution in [0.15, 0.2) is 40.4 Å². The Bertz CT molecular complexity index is 890. The van der Waals surface area contributed by atoms with Gasteiger partial charge in [0.25, 0.3) is 11.5 Å². The van der Waals surface area contributed by atoms with Crippen molar-refractivity contribution in [2.75, 3.05) is 14.2 Å². The fourth-order valence-corrected chi connectivity index (χ4v) is 2.60. The van der Waals surface area contributed by atoms with Crippen molar-refractivity contribution in [1.82, 2.24) is 9.99 Å². The summed E-state index contributed by atoms with van der Waals surface area (Å²) in [5.41, 5.74) is 2.49. The van der Waals surface area contributed by atoms with E-state index < -0.39 is 5.91 Å². The van der Waals surface area contributed by atoms with Crippen molar-refractivity contribution in [3.8, 4) is 11.5 Å². The molecule has 1 aromatic heterocycles. The average molecular weight is 378 g/mol. The van der Waals surface area contributed by atoms with Gasteiger partial charge in [-0.05, 0) is 38.1 Å². The number of aromatic nitrogens is 1. The highest BCUT2D eigenvalue weighted by molar-refractivity contribution is 6.34. The van der Waals surface area contributed by atoms with E-state index in [1.807, 2.05) is 13.8 Å². The molecule has 0 aliphatic heterocycles. The Balaban J connectivity index is 2.21. The standard InChI is InChI=1S/C18H20ClN3O4/c1-11(2)22-9-5-6-13(18(22)24)17(23)21-20-10-12-7-8-14(25-3)16(26-4)15(12)19/h5-11H,1-4H3,(H,21,23)/b20-10-. The first-order chi connectivity index (χ1) is 12.4. The molecule has 0 spiro atoms. The van der Waals surface area contributed by atoms with E-state index in [-0.39, 0.29) is 17.2 Å². The number of amides is 1. The minimum Gasteiger partial charge on any atom is -0.493 e. The largest absolute Gasteiger partial charge is 0.493 e. The second-order valence-electron chi connectivity index (χ2n) is 5.63. The number of carbonyl (C=O) groups is 1. The molecule has 2 rings (SSSR count).